The van der Waals surface area contributed by atoms with Crippen LogP contribution in [0.15, 0.2) is 12.5 Å². The highest BCUT2D eigenvalue weighted by Crippen LogP contribution is 2.18. The van der Waals surface area contributed by atoms with Gasteiger partial charge in [-0.1, -0.05) is 0 Å². The number of aromatic amines is 1. The van der Waals surface area contributed by atoms with Crippen molar-refractivity contribution in [3.05, 3.63) is 18.3 Å². The molecule has 3 heterocycles. The largest absolute Gasteiger partial charge is 0.463 e. The van der Waals surface area contributed by atoms with Gasteiger partial charge in [-0.15, -0.1) is 5.10 Å². The van der Waals surface area contributed by atoms with Gasteiger partial charge >= 0.3 is 5.97 Å². The molecule has 0 aliphatic rings. The van der Waals surface area contributed by atoms with Gasteiger partial charge in [0.25, 0.3) is 5.82 Å². The van der Waals surface area contributed by atoms with Gasteiger partial charge in [0.1, 0.15) is 6.33 Å². The van der Waals surface area contributed by atoms with Crippen molar-refractivity contribution < 1.29 is 9.53 Å². The predicted octanol–water partition coefficient (Wildman–Crippen LogP) is -0.238. The summed E-state index contributed by atoms with van der Waals surface area (Å²) in [4.78, 5) is 23.7. The van der Waals surface area contributed by atoms with E-state index in [2.05, 4.69) is 40.3 Å². The molecule has 0 radical (unpaired) electrons. The van der Waals surface area contributed by atoms with Crippen LogP contribution in [0.25, 0.3) is 16.9 Å². The van der Waals surface area contributed by atoms with Crippen molar-refractivity contribution in [1.82, 2.24) is 34.9 Å². The molecule has 0 atom stereocenters. The van der Waals surface area contributed by atoms with Gasteiger partial charge in [-0.25, -0.2) is 14.5 Å². The Morgan fingerprint density at radius 2 is 2.30 bits per heavy atom. The normalized spacial score (nSPS) is 10.7. The Kier molecular flexibility index (Phi) is 2.75. The lowest BCUT2D eigenvalue weighted by atomic mass is 10.4. The minimum Gasteiger partial charge on any atom is -0.463 e. The van der Waals surface area contributed by atoms with E-state index in [1.54, 1.807) is 13.2 Å². The van der Waals surface area contributed by atoms with Crippen molar-refractivity contribution in [3.63, 3.8) is 0 Å². The van der Waals surface area contributed by atoms with Crippen molar-refractivity contribution in [1.29, 1.82) is 0 Å². The second-order valence-electron chi connectivity index (χ2n) is 3.76. The van der Waals surface area contributed by atoms with Crippen LogP contribution < -0.4 is 5.32 Å². The molecule has 3 aromatic heterocycles. The van der Waals surface area contributed by atoms with Crippen LogP contribution in [0.4, 0.5) is 5.95 Å². The number of nitrogens with zero attached hydrogens (tertiary/aromatic N) is 6. The van der Waals surface area contributed by atoms with Gasteiger partial charge in [0, 0.05) is 7.05 Å². The van der Waals surface area contributed by atoms with Crippen LogP contribution in [0, 0.1) is 0 Å². The van der Waals surface area contributed by atoms with Crippen LogP contribution in [0.2, 0.25) is 0 Å². The second-order valence-corrected chi connectivity index (χ2v) is 3.76. The fourth-order valence-corrected chi connectivity index (χ4v) is 1.66. The molecule has 0 saturated carbocycles. The molecular formula is C10H10N8O2. The van der Waals surface area contributed by atoms with Crippen LogP contribution in [0.5, 0.6) is 0 Å². The molecular weight excluding hydrogens is 264 g/mol. The summed E-state index contributed by atoms with van der Waals surface area (Å²) >= 11 is 0. The van der Waals surface area contributed by atoms with Crippen LogP contribution in [-0.2, 0) is 4.74 Å². The Bertz CT molecular complexity index is 777. The van der Waals surface area contributed by atoms with Gasteiger partial charge in [-0.2, -0.15) is 15.1 Å². The van der Waals surface area contributed by atoms with E-state index in [4.69, 9.17) is 0 Å². The summed E-state index contributed by atoms with van der Waals surface area (Å²) in [6.45, 7) is 0. The molecule has 0 amide bonds. The maximum Gasteiger partial charge on any atom is 0.377 e. The molecule has 0 spiro atoms. The second kappa shape index (κ2) is 4.57. The van der Waals surface area contributed by atoms with E-state index in [9.17, 15) is 4.79 Å². The molecule has 0 aliphatic heterocycles. The number of rotatable bonds is 3. The summed E-state index contributed by atoms with van der Waals surface area (Å²) in [7, 11) is 2.96. The van der Waals surface area contributed by atoms with Gasteiger partial charge in [-0.05, 0) is 0 Å². The number of esters is 1. The van der Waals surface area contributed by atoms with E-state index in [1.807, 2.05) is 0 Å². The monoisotopic (exact) mass is 274 g/mol. The van der Waals surface area contributed by atoms with Gasteiger partial charge in [0.15, 0.2) is 11.5 Å². The third kappa shape index (κ3) is 1.83. The molecule has 0 aliphatic carbocycles. The molecule has 20 heavy (non-hydrogen) atoms. The summed E-state index contributed by atoms with van der Waals surface area (Å²) in [6, 6.07) is 0. The lowest BCUT2D eigenvalue weighted by Gasteiger charge is -2.03. The van der Waals surface area contributed by atoms with E-state index < -0.39 is 5.97 Å². The molecule has 3 rings (SSSR count). The predicted molar refractivity (Wildman–Crippen MR) is 67.5 cm³/mol. The fourth-order valence-electron chi connectivity index (χ4n) is 1.66. The third-order valence-corrected chi connectivity index (χ3v) is 2.59. The quantitative estimate of drug-likeness (QED) is 0.627. The number of carbonyl (C=O) groups is 1. The lowest BCUT2D eigenvalue weighted by Crippen LogP contribution is -2.07. The van der Waals surface area contributed by atoms with E-state index >= 15 is 0 Å². The van der Waals surface area contributed by atoms with E-state index in [1.165, 1.54) is 18.1 Å². The summed E-state index contributed by atoms with van der Waals surface area (Å²) in [5.41, 5.74) is 0.550. The number of methoxy groups -OCH3 is 1. The zero-order valence-electron chi connectivity index (χ0n) is 10.7. The minimum absolute atomic E-state index is 0.0474. The SMILES string of the molecule is CNc1nc(-n2cnc(C(=O)OC)n2)c2cn[nH]c2n1. The first-order valence-corrected chi connectivity index (χ1v) is 5.62. The highest BCUT2D eigenvalue weighted by Gasteiger charge is 2.16. The molecule has 0 fully saturated rings. The summed E-state index contributed by atoms with van der Waals surface area (Å²) in [5, 5.41) is 14.2. The Labute approximate surface area is 112 Å². The molecule has 10 nitrogen and oxygen atoms in total. The Morgan fingerprint density at radius 3 is 3.05 bits per heavy atom. The molecule has 0 saturated heterocycles. The Balaban J connectivity index is 2.15. The Morgan fingerprint density at radius 1 is 1.45 bits per heavy atom. The van der Waals surface area contributed by atoms with Crippen LogP contribution in [0.1, 0.15) is 10.6 Å². The molecule has 3 aromatic rings. The first-order chi connectivity index (χ1) is 9.72. The molecule has 0 unspecified atom stereocenters. The fraction of sp³-hybridized carbons (Fsp3) is 0.200. The smallest absolute Gasteiger partial charge is 0.377 e. The molecule has 2 N–H and O–H groups in total. The number of hydrogen-bond donors (Lipinski definition) is 2. The van der Waals surface area contributed by atoms with Crippen molar-refractivity contribution in [2.45, 2.75) is 0 Å². The highest BCUT2D eigenvalue weighted by molar-refractivity contribution is 5.85. The summed E-state index contributed by atoms with van der Waals surface area (Å²) in [5.74, 6) is 0.187. The van der Waals surface area contributed by atoms with Crippen molar-refractivity contribution in [2.24, 2.45) is 0 Å². The molecule has 0 aromatic carbocycles. The number of anilines is 1. The average molecular weight is 274 g/mol. The number of fused-ring (bicyclic) bond motifs is 1. The maximum atomic E-state index is 11.4. The van der Waals surface area contributed by atoms with Gasteiger partial charge in [0.05, 0.1) is 18.7 Å². The Hall–Kier alpha value is -3.04. The number of carbonyl (C=O) groups excluding carboxylic acids is 1. The first-order valence-electron chi connectivity index (χ1n) is 5.62. The molecule has 102 valence electrons. The van der Waals surface area contributed by atoms with E-state index in [0.717, 1.165) is 0 Å². The van der Waals surface area contributed by atoms with Gasteiger partial charge in [-0.3, -0.25) is 5.10 Å². The van der Waals surface area contributed by atoms with Gasteiger partial charge < -0.3 is 10.1 Å². The standard InChI is InChI=1S/C10H10N8O2/c1-11-10-14-6-5(3-13-16-6)8(15-10)18-4-12-7(17-18)9(19)20-2/h3-4H,1-2H3,(H2,11,13,14,15,16). The average Bonchev–Trinajstić information content (AvgIpc) is 3.13. The molecule has 0 bridgehead atoms. The molecule has 10 heteroatoms. The van der Waals surface area contributed by atoms with Crippen molar-refractivity contribution in [3.8, 4) is 5.82 Å². The summed E-state index contributed by atoms with van der Waals surface area (Å²) in [6.07, 6.45) is 2.95. The van der Waals surface area contributed by atoms with Crippen LogP contribution in [-0.4, -0.2) is 55.1 Å². The van der Waals surface area contributed by atoms with Crippen molar-refractivity contribution in [2.75, 3.05) is 19.5 Å². The third-order valence-electron chi connectivity index (χ3n) is 2.59. The van der Waals surface area contributed by atoms with E-state index in [0.29, 0.717) is 22.8 Å². The number of aromatic nitrogens is 7. The van der Waals surface area contributed by atoms with Crippen molar-refractivity contribution >= 4 is 23.0 Å². The summed E-state index contributed by atoms with van der Waals surface area (Å²) < 4.78 is 5.93. The number of nitrogens with one attached hydrogen (secondary N) is 2. The topological polar surface area (TPSA) is 124 Å². The number of ether oxygens (including phenoxy) is 1. The first kappa shape index (κ1) is 12.0. The van der Waals surface area contributed by atoms with E-state index in [-0.39, 0.29) is 5.82 Å². The number of hydrogen-bond acceptors (Lipinski definition) is 8. The minimum atomic E-state index is -0.616. The van der Waals surface area contributed by atoms with Crippen LogP contribution in [0.3, 0.4) is 0 Å². The maximum absolute atomic E-state index is 11.4. The number of H-pyrrole nitrogens is 1. The van der Waals surface area contributed by atoms with Crippen LogP contribution >= 0.6 is 0 Å². The lowest BCUT2D eigenvalue weighted by molar-refractivity contribution is 0.0587. The van der Waals surface area contributed by atoms with Gasteiger partial charge in [0.2, 0.25) is 5.95 Å². The highest BCUT2D eigenvalue weighted by atomic mass is 16.5. The zero-order chi connectivity index (χ0) is 14.1. The zero-order valence-corrected chi connectivity index (χ0v) is 10.7.